The summed E-state index contributed by atoms with van der Waals surface area (Å²) in [5.74, 6) is 0.0827. The van der Waals surface area contributed by atoms with Gasteiger partial charge in [0, 0.05) is 5.92 Å². The van der Waals surface area contributed by atoms with Gasteiger partial charge in [0.2, 0.25) is 0 Å². The first-order valence-electron chi connectivity index (χ1n) is 4.59. The van der Waals surface area contributed by atoms with E-state index < -0.39 is 5.79 Å². The Morgan fingerprint density at radius 3 is 2.50 bits per heavy atom. The van der Waals surface area contributed by atoms with E-state index in [9.17, 15) is 0 Å². The molecule has 2 rings (SSSR count). The third-order valence-corrected chi connectivity index (χ3v) is 2.70. The molecule has 0 aromatic rings. The largest absolute Gasteiger partial charge is 0.346 e. The molecule has 2 nitrogen and oxygen atoms in total. The van der Waals surface area contributed by atoms with E-state index in [0.717, 1.165) is 13.0 Å². The summed E-state index contributed by atoms with van der Waals surface area (Å²) < 4.78 is 11.5. The van der Waals surface area contributed by atoms with E-state index in [0.29, 0.717) is 5.92 Å². The molecule has 0 saturated carbocycles. The Kier molecular flexibility index (Phi) is 1.61. The van der Waals surface area contributed by atoms with Crippen molar-refractivity contribution in [2.45, 2.75) is 38.6 Å². The zero-order valence-corrected chi connectivity index (χ0v) is 7.96. The second kappa shape index (κ2) is 2.33. The van der Waals surface area contributed by atoms with Crippen LogP contribution < -0.4 is 0 Å². The van der Waals surface area contributed by atoms with Gasteiger partial charge in [-0.2, -0.15) is 0 Å². The van der Waals surface area contributed by atoms with Crippen LogP contribution >= 0.6 is 0 Å². The second-order valence-electron chi connectivity index (χ2n) is 4.30. The Morgan fingerprint density at radius 2 is 2.08 bits per heavy atom. The average Bonchev–Trinajstić information content (AvgIpc) is 2.43. The predicted octanol–water partition coefficient (Wildman–Crippen LogP) is 2.10. The van der Waals surface area contributed by atoms with Crippen LogP contribution in [0.5, 0.6) is 0 Å². The zero-order valence-electron chi connectivity index (χ0n) is 7.96. The lowest BCUT2D eigenvalue weighted by atomic mass is 10.0. The third kappa shape index (κ3) is 1.10. The Hall–Kier alpha value is -0.340. The van der Waals surface area contributed by atoms with E-state index in [4.69, 9.17) is 9.47 Å². The van der Waals surface area contributed by atoms with Gasteiger partial charge in [-0.3, -0.25) is 0 Å². The van der Waals surface area contributed by atoms with Crippen molar-refractivity contribution in [3.05, 3.63) is 12.2 Å². The lowest BCUT2D eigenvalue weighted by Gasteiger charge is -2.30. The van der Waals surface area contributed by atoms with Crippen LogP contribution in [0.25, 0.3) is 0 Å². The highest BCUT2D eigenvalue weighted by Crippen LogP contribution is 2.42. The maximum absolute atomic E-state index is 5.88. The Balaban J connectivity index is 2.21. The summed E-state index contributed by atoms with van der Waals surface area (Å²) in [5.41, 5.74) is -0.154. The molecular formula is C10H16O2. The molecule has 2 heterocycles. The third-order valence-electron chi connectivity index (χ3n) is 2.70. The first kappa shape index (κ1) is 8.27. The monoisotopic (exact) mass is 168 g/mol. The molecule has 2 heteroatoms. The van der Waals surface area contributed by atoms with Crippen LogP contribution in [-0.2, 0) is 9.47 Å². The molecule has 0 unspecified atom stereocenters. The fraction of sp³-hybridized carbons (Fsp3) is 0.800. The average molecular weight is 168 g/mol. The van der Waals surface area contributed by atoms with Gasteiger partial charge in [-0.15, -0.1) is 0 Å². The van der Waals surface area contributed by atoms with Crippen LogP contribution in [-0.4, -0.2) is 18.0 Å². The van der Waals surface area contributed by atoms with Crippen molar-refractivity contribution in [3.63, 3.8) is 0 Å². The first-order valence-corrected chi connectivity index (χ1v) is 4.59. The summed E-state index contributed by atoms with van der Waals surface area (Å²) in [4.78, 5) is 0. The molecule has 0 amide bonds. The van der Waals surface area contributed by atoms with E-state index in [-0.39, 0.29) is 5.60 Å². The highest BCUT2D eigenvalue weighted by Gasteiger charge is 2.47. The number of ether oxygens (including phenoxy) is 2. The van der Waals surface area contributed by atoms with Crippen molar-refractivity contribution in [2.24, 2.45) is 5.92 Å². The van der Waals surface area contributed by atoms with E-state index in [1.165, 1.54) is 0 Å². The Morgan fingerprint density at radius 1 is 1.33 bits per heavy atom. The van der Waals surface area contributed by atoms with Crippen LogP contribution in [0, 0.1) is 5.92 Å². The van der Waals surface area contributed by atoms with Crippen LogP contribution in [0.4, 0.5) is 0 Å². The second-order valence-corrected chi connectivity index (χ2v) is 4.30. The topological polar surface area (TPSA) is 18.5 Å². The normalized spacial score (nSPS) is 44.4. The molecule has 68 valence electrons. The summed E-state index contributed by atoms with van der Waals surface area (Å²) in [6.45, 7) is 7.12. The van der Waals surface area contributed by atoms with Crippen LogP contribution in [0.1, 0.15) is 27.2 Å². The van der Waals surface area contributed by atoms with E-state index in [1.807, 2.05) is 0 Å². The predicted molar refractivity (Wildman–Crippen MR) is 46.8 cm³/mol. The smallest absolute Gasteiger partial charge is 0.191 e. The van der Waals surface area contributed by atoms with E-state index in [1.54, 1.807) is 0 Å². The summed E-state index contributed by atoms with van der Waals surface area (Å²) >= 11 is 0. The van der Waals surface area contributed by atoms with Crippen molar-refractivity contribution >= 4 is 0 Å². The molecule has 2 aliphatic rings. The maximum Gasteiger partial charge on any atom is 0.191 e. The lowest BCUT2D eigenvalue weighted by Crippen LogP contribution is -2.37. The Labute approximate surface area is 73.5 Å². The molecule has 0 aromatic heterocycles. The zero-order chi connectivity index (χ0) is 8.82. The highest BCUT2D eigenvalue weighted by molar-refractivity contribution is 5.14. The summed E-state index contributed by atoms with van der Waals surface area (Å²) in [6.07, 6.45) is 5.26. The summed E-state index contributed by atoms with van der Waals surface area (Å²) in [6, 6.07) is 0. The molecular weight excluding hydrogens is 152 g/mol. The molecule has 2 atom stereocenters. The van der Waals surface area contributed by atoms with Crippen molar-refractivity contribution in [1.29, 1.82) is 0 Å². The minimum absolute atomic E-state index is 0.154. The van der Waals surface area contributed by atoms with Crippen LogP contribution in [0.15, 0.2) is 12.2 Å². The van der Waals surface area contributed by atoms with Gasteiger partial charge in [-0.1, -0.05) is 13.0 Å². The quantitative estimate of drug-likeness (QED) is 0.516. The van der Waals surface area contributed by atoms with Gasteiger partial charge in [0.15, 0.2) is 5.79 Å². The van der Waals surface area contributed by atoms with Crippen LogP contribution in [0.3, 0.4) is 0 Å². The summed E-state index contributed by atoms with van der Waals surface area (Å²) in [7, 11) is 0. The number of hydrogen-bond acceptors (Lipinski definition) is 2. The van der Waals surface area contributed by atoms with Crippen LogP contribution in [0.2, 0.25) is 0 Å². The van der Waals surface area contributed by atoms with Gasteiger partial charge in [0.1, 0.15) is 0 Å². The molecule has 0 aliphatic carbocycles. The van der Waals surface area contributed by atoms with Gasteiger partial charge in [0.05, 0.1) is 12.2 Å². The fourth-order valence-electron chi connectivity index (χ4n) is 1.88. The molecule has 1 saturated heterocycles. The fourth-order valence-corrected chi connectivity index (χ4v) is 1.88. The lowest BCUT2D eigenvalue weighted by molar-refractivity contribution is -0.219. The number of hydrogen-bond donors (Lipinski definition) is 0. The standard InChI is InChI=1S/C10H16O2/c1-8-4-7-11-10(8)6-5-9(2,3)12-10/h5-6,8H,4,7H2,1-3H3/t8-,10+/m1/s1. The van der Waals surface area contributed by atoms with Gasteiger partial charge in [-0.25, -0.2) is 0 Å². The van der Waals surface area contributed by atoms with Gasteiger partial charge >= 0.3 is 0 Å². The number of rotatable bonds is 0. The molecule has 1 spiro atoms. The molecule has 0 aromatic carbocycles. The molecule has 12 heavy (non-hydrogen) atoms. The van der Waals surface area contributed by atoms with Gasteiger partial charge in [0.25, 0.3) is 0 Å². The van der Waals surface area contributed by atoms with Crippen molar-refractivity contribution in [1.82, 2.24) is 0 Å². The van der Waals surface area contributed by atoms with E-state index >= 15 is 0 Å². The first-order chi connectivity index (χ1) is 5.54. The maximum atomic E-state index is 5.88. The van der Waals surface area contributed by atoms with E-state index in [2.05, 4.69) is 32.9 Å². The van der Waals surface area contributed by atoms with Crippen molar-refractivity contribution in [3.8, 4) is 0 Å². The van der Waals surface area contributed by atoms with Gasteiger partial charge in [-0.05, 0) is 26.3 Å². The van der Waals surface area contributed by atoms with Crippen molar-refractivity contribution in [2.75, 3.05) is 6.61 Å². The molecule has 0 bridgehead atoms. The molecule has 1 fully saturated rings. The molecule has 0 N–H and O–H groups in total. The SMILES string of the molecule is C[C@@H]1CCO[C@]12C=CC(C)(C)O2. The molecule has 0 radical (unpaired) electrons. The highest BCUT2D eigenvalue weighted by atomic mass is 16.7. The van der Waals surface area contributed by atoms with Gasteiger partial charge < -0.3 is 9.47 Å². The molecule has 2 aliphatic heterocycles. The van der Waals surface area contributed by atoms with Crippen molar-refractivity contribution < 1.29 is 9.47 Å². The minimum atomic E-state index is -0.399. The Bertz CT molecular complexity index is 220. The minimum Gasteiger partial charge on any atom is -0.346 e. The summed E-state index contributed by atoms with van der Waals surface area (Å²) in [5, 5.41) is 0.